The van der Waals surface area contributed by atoms with Crippen molar-refractivity contribution in [3.05, 3.63) is 70.9 Å². The van der Waals surface area contributed by atoms with E-state index >= 15 is 0 Å². The van der Waals surface area contributed by atoms with Crippen LogP contribution >= 0.6 is 11.6 Å². The molecule has 27 heavy (non-hydrogen) atoms. The zero-order chi connectivity index (χ0) is 19.2. The standard InChI is InChI=1S/C19H20ClN5O2/c1-13(2)27-19-17(20)7-16(9-23-19)18(26)22-8-14-5-3-4-6-15(14)10-25-12-21-11-24-25/h3-7,9,11-13H,8,10H2,1-2H3,(H,22,26). The maximum Gasteiger partial charge on any atom is 0.253 e. The van der Waals surface area contributed by atoms with Gasteiger partial charge >= 0.3 is 0 Å². The molecule has 0 saturated carbocycles. The highest BCUT2D eigenvalue weighted by Gasteiger charge is 2.12. The first-order chi connectivity index (χ1) is 13.0. The van der Waals surface area contributed by atoms with Gasteiger partial charge in [-0.25, -0.2) is 14.6 Å². The van der Waals surface area contributed by atoms with Gasteiger partial charge in [-0.2, -0.15) is 5.10 Å². The van der Waals surface area contributed by atoms with Crippen molar-refractivity contribution in [2.75, 3.05) is 0 Å². The number of hydrogen-bond donors (Lipinski definition) is 1. The Morgan fingerprint density at radius 1 is 1.30 bits per heavy atom. The van der Waals surface area contributed by atoms with E-state index < -0.39 is 0 Å². The molecule has 0 bridgehead atoms. The summed E-state index contributed by atoms with van der Waals surface area (Å²) in [5, 5.41) is 7.32. The van der Waals surface area contributed by atoms with Gasteiger partial charge in [-0.15, -0.1) is 0 Å². The molecule has 2 heterocycles. The average molecular weight is 386 g/mol. The third-order valence-electron chi connectivity index (χ3n) is 3.77. The first-order valence-electron chi connectivity index (χ1n) is 8.52. The molecule has 1 amide bonds. The molecule has 0 saturated heterocycles. The monoisotopic (exact) mass is 385 g/mol. The highest BCUT2D eigenvalue weighted by Crippen LogP contribution is 2.23. The molecule has 3 aromatic rings. The third kappa shape index (κ3) is 5.04. The zero-order valence-electron chi connectivity index (χ0n) is 15.1. The molecule has 0 fully saturated rings. The minimum Gasteiger partial charge on any atom is -0.474 e. The van der Waals surface area contributed by atoms with Gasteiger partial charge in [0.05, 0.1) is 18.2 Å². The molecule has 0 atom stereocenters. The van der Waals surface area contributed by atoms with Crippen LogP contribution in [0.2, 0.25) is 5.02 Å². The van der Waals surface area contributed by atoms with E-state index in [1.807, 2.05) is 38.1 Å². The van der Waals surface area contributed by atoms with Gasteiger partial charge in [0.15, 0.2) is 0 Å². The van der Waals surface area contributed by atoms with Crippen molar-refractivity contribution in [3.63, 3.8) is 0 Å². The van der Waals surface area contributed by atoms with E-state index in [4.69, 9.17) is 16.3 Å². The Hall–Kier alpha value is -2.93. The van der Waals surface area contributed by atoms with E-state index in [9.17, 15) is 4.79 Å². The van der Waals surface area contributed by atoms with Crippen LogP contribution in [0.4, 0.5) is 0 Å². The number of aromatic nitrogens is 4. The number of nitrogens with zero attached hydrogens (tertiary/aromatic N) is 4. The summed E-state index contributed by atoms with van der Waals surface area (Å²) in [5.74, 6) is 0.0671. The second-order valence-electron chi connectivity index (χ2n) is 6.22. The lowest BCUT2D eigenvalue weighted by atomic mass is 10.1. The van der Waals surface area contributed by atoms with Crippen LogP contribution in [-0.2, 0) is 13.1 Å². The van der Waals surface area contributed by atoms with E-state index in [1.54, 1.807) is 17.1 Å². The van der Waals surface area contributed by atoms with E-state index in [-0.39, 0.29) is 12.0 Å². The van der Waals surface area contributed by atoms with Gasteiger partial charge in [0.1, 0.15) is 17.7 Å². The normalized spacial score (nSPS) is 10.8. The lowest BCUT2D eigenvalue weighted by Crippen LogP contribution is -2.24. The zero-order valence-corrected chi connectivity index (χ0v) is 15.8. The molecule has 0 radical (unpaired) electrons. The summed E-state index contributed by atoms with van der Waals surface area (Å²) in [7, 11) is 0. The number of pyridine rings is 1. The molecule has 0 unspecified atom stereocenters. The van der Waals surface area contributed by atoms with Crippen LogP contribution in [0, 0.1) is 0 Å². The van der Waals surface area contributed by atoms with Crippen molar-refractivity contribution >= 4 is 17.5 Å². The van der Waals surface area contributed by atoms with Crippen LogP contribution < -0.4 is 10.1 Å². The minimum atomic E-state index is -0.254. The van der Waals surface area contributed by atoms with Crippen LogP contribution in [0.25, 0.3) is 0 Å². The Kier molecular flexibility index (Phi) is 6.03. The maximum absolute atomic E-state index is 12.5. The van der Waals surface area contributed by atoms with Crippen LogP contribution in [0.15, 0.2) is 49.2 Å². The van der Waals surface area contributed by atoms with Crippen LogP contribution in [-0.4, -0.2) is 31.8 Å². The Morgan fingerprint density at radius 2 is 2.07 bits per heavy atom. The molecule has 3 rings (SSSR count). The quantitative estimate of drug-likeness (QED) is 0.675. The van der Waals surface area contributed by atoms with Crippen molar-refractivity contribution < 1.29 is 9.53 Å². The molecule has 8 heteroatoms. The fraction of sp³-hybridized carbons (Fsp3) is 0.263. The largest absolute Gasteiger partial charge is 0.474 e. The number of nitrogens with one attached hydrogen (secondary N) is 1. The van der Waals surface area contributed by atoms with E-state index in [0.29, 0.717) is 29.6 Å². The molecular formula is C19H20ClN5O2. The number of carbonyl (C=O) groups is 1. The van der Waals surface area contributed by atoms with Gasteiger partial charge in [0.25, 0.3) is 5.91 Å². The SMILES string of the molecule is CC(C)Oc1ncc(C(=O)NCc2ccccc2Cn2cncn2)cc1Cl. The van der Waals surface area contributed by atoms with Gasteiger partial charge in [-0.3, -0.25) is 4.79 Å². The van der Waals surface area contributed by atoms with Crippen LogP contribution in [0.5, 0.6) is 5.88 Å². The average Bonchev–Trinajstić information content (AvgIpc) is 3.15. The lowest BCUT2D eigenvalue weighted by Gasteiger charge is -2.12. The van der Waals surface area contributed by atoms with Crippen molar-refractivity contribution in [3.8, 4) is 5.88 Å². The molecule has 1 aromatic carbocycles. The van der Waals surface area contributed by atoms with Gasteiger partial charge in [0.2, 0.25) is 5.88 Å². The highest BCUT2D eigenvalue weighted by atomic mass is 35.5. The fourth-order valence-corrected chi connectivity index (χ4v) is 2.72. The number of halogens is 1. The summed E-state index contributed by atoms with van der Waals surface area (Å²) in [4.78, 5) is 20.5. The van der Waals surface area contributed by atoms with E-state index in [2.05, 4.69) is 20.4 Å². The molecule has 140 valence electrons. The summed E-state index contributed by atoms with van der Waals surface area (Å²) in [5.41, 5.74) is 2.44. The smallest absolute Gasteiger partial charge is 0.253 e. The predicted molar refractivity (Wildman–Crippen MR) is 102 cm³/mol. The number of rotatable bonds is 7. The molecule has 0 aliphatic carbocycles. The Morgan fingerprint density at radius 3 is 2.74 bits per heavy atom. The van der Waals surface area contributed by atoms with Gasteiger partial charge in [-0.05, 0) is 31.0 Å². The van der Waals surface area contributed by atoms with Crippen LogP contribution in [0.1, 0.15) is 35.3 Å². The van der Waals surface area contributed by atoms with Crippen molar-refractivity contribution in [1.29, 1.82) is 0 Å². The van der Waals surface area contributed by atoms with Crippen LogP contribution in [0.3, 0.4) is 0 Å². The third-order valence-corrected chi connectivity index (χ3v) is 4.04. The van der Waals surface area contributed by atoms with Gasteiger partial charge < -0.3 is 10.1 Å². The Bertz CT molecular complexity index is 912. The summed E-state index contributed by atoms with van der Waals surface area (Å²) >= 11 is 6.16. The second-order valence-corrected chi connectivity index (χ2v) is 6.63. The summed E-state index contributed by atoms with van der Waals surface area (Å²) in [6, 6.07) is 9.41. The van der Waals surface area contributed by atoms with Gasteiger partial charge in [0, 0.05) is 12.7 Å². The van der Waals surface area contributed by atoms with Crippen molar-refractivity contribution in [2.45, 2.75) is 33.0 Å². The maximum atomic E-state index is 12.5. The number of carbonyl (C=O) groups excluding carboxylic acids is 1. The van der Waals surface area contributed by atoms with Crippen molar-refractivity contribution in [1.82, 2.24) is 25.1 Å². The summed E-state index contributed by atoms with van der Waals surface area (Å²) in [6.45, 7) is 4.73. The first-order valence-corrected chi connectivity index (χ1v) is 8.90. The first kappa shape index (κ1) is 18.8. The van der Waals surface area contributed by atoms with E-state index in [0.717, 1.165) is 11.1 Å². The van der Waals surface area contributed by atoms with Gasteiger partial charge in [-0.1, -0.05) is 35.9 Å². The predicted octanol–water partition coefficient (Wildman–Crippen LogP) is 3.09. The number of benzene rings is 1. The highest BCUT2D eigenvalue weighted by molar-refractivity contribution is 6.32. The minimum absolute atomic E-state index is 0.0452. The molecule has 0 spiro atoms. The number of hydrogen-bond acceptors (Lipinski definition) is 5. The topological polar surface area (TPSA) is 81.9 Å². The molecular weight excluding hydrogens is 366 g/mol. The Balaban J connectivity index is 1.67. The lowest BCUT2D eigenvalue weighted by molar-refractivity contribution is 0.0950. The molecule has 0 aliphatic heterocycles. The number of amides is 1. The van der Waals surface area contributed by atoms with Crippen molar-refractivity contribution in [2.24, 2.45) is 0 Å². The molecule has 2 aromatic heterocycles. The molecule has 7 nitrogen and oxygen atoms in total. The fourth-order valence-electron chi connectivity index (χ4n) is 2.51. The summed E-state index contributed by atoms with van der Waals surface area (Å²) in [6.07, 6.45) is 4.56. The number of ether oxygens (including phenoxy) is 1. The van der Waals surface area contributed by atoms with E-state index in [1.165, 1.54) is 12.5 Å². The summed E-state index contributed by atoms with van der Waals surface area (Å²) < 4.78 is 7.22. The molecule has 0 aliphatic rings. The second kappa shape index (κ2) is 8.64. The molecule has 1 N–H and O–H groups in total. The Labute approximate surface area is 162 Å².